The van der Waals surface area contributed by atoms with Crippen LogP contribution >= 0.6 is 11.6 Å². The summed E-state index contributed by atoms with van der Waals surface area (Å²) in [7, 11) is -3.63. The average molecular weight is 453 g/mol. The molecule has 0 aromatic heterocycles. The van der Waals surface area contributed by atoms with Gasteiger partial charge in [-0.05, 0) is 74.2 Å². The van der Waals surface area contributed by atoms with E-state index in [4.69, 9.17) is 21.1 Å². The van der Waals surface area contributed by atoms with Crippen molar-refractivity contribution >= 4 is 33.2 Å². The number of halogens is 1. The van der Waals surface area contributed by atoms with Crippen LogP contribution in [0.3, 0.4) is 0 Å². The molecule has 1 fully saturated rings. The fourth-order valence-corrected chi connectivity index (χ4v) is 4.32. The number of hydrogen-bond acceptors (Lipinski definition) is 5. The van der Waals surface area contributed by atoms with Gasteiger partial charge >= 0.3 is 0 Å². The number of rotatable bonds is 8. The van der Waals surface area contributed by atoms with Crippen molar-refractivity contribution in [1.82, 2.24) is 4.72 Å². The zero-order valence-electron chi connectivity index (χ0n) is 16.9. The lowest BCUT2D eigenvalue weighted by molar-refractivity contribution is -0.118. The van der Waals surface area contributed by atoms with Crippen molar-refractivity contribution < 1.29 is 22.7 Å². The Bertz CT molecular complexity index is 980. The summed E-state index contributed by atoms with van der Waals surface area (Å²) in [5.74, 6) is 0.204. The first kappa shape index (κ1) is 22.6. The van der Waals surface area contributed by atoms with Gasteiger partial charge in [-0.25, -0.2) is 13.1 Å². The second-order valence-corrected chi connectivity index (χ2v) is 9.36. The second-order valence-electron chi connectivity index (χ2n) is 7.22. The van der Waals surface area contributed by atoms with Crippen LogP contribution in [0, 0.1) is 13.8 Å². The van der Waals surface area contributed by atoms with Crippen LogP contribution in [0.4, 0.5) is 5.69 Å². The van der Waals surface area contributed by atoms with Crippen molar-refractivity contribution in [2.24, 2.45) is 0 Å². The Morgan fingerprint density at radius 2 is 1.87 bits per heavy atom. The molecule has 2 aromatic rings. The van der Waals surface area contributed by atoms with Crippen molar-refractivity contribution in [3.05, 3.63) is 52.5 Å². The molecule has 1 amide bonds. The molecule has 0 aliphatic carbocycles. The van der Waals surface area contributed by atoms with Crippen LogP contribution < -0.4 is 14.8 Å². The van der Waals surface area contributed by atoms with Gasteiger partial charge in [0.15, 0.2) is 6.61 Å². The molecule has 1 saturated heterocycles. The third-order valence-electron chi connectivity index (χ3n) is 4.75. The zero-order valence-corrected chi connectivity index (χ0v) is 18.5. The largest absolute Gasteiger partial charge is 0.484 e. The van der Waals surface area contributed by atoms with Crippen molar-refractivity contribution in [1.29, 1.82) is 0 Å². The van der Waals surface area contributed by atoms with Crippen LogP contribution in [0.25, 0.3) is 0 Å². The summed E-state index contributed by atoms with van der Waals surface area (Å²) in [6.07, 6.45) is 1.72. The van der Waals surface area contributed by atoms with Gasteiger partial charge in [0.2, 0.25) is 10.0 Å². The van der Waals surface area contributed by atoms with Crippen LogP contribution in [0.5, 0.6) is 5.75 Å². The molecule has 2 N–H and O–H groups in total. The Labute approximate surface area is 181 Å². The highest BCUT2D eigenvalue weighted by Gasteiger charge is 2.20. The molecular weight excluding hydrogens is 428 g/mol. The van der Waals surface area contributed by atoms with Gasteiger partial charge in [0, 0.05) is 23.9 Å². The topological polar surface area (TPSA) is 93.7 Å². The van der Waals surface area contributed by atoms with E-state index < -0.39 is 10.0 Å². The smallest absolute Gasteiger partial charge is 0.262 e. The fourth-order valence-electron chi connectivity index (χ4n) is 3.14. The molecular formula is C21H25ClN2O5S. The number of aryl methyl sites for hydroxylation is 2. The second kappa shape index (κ2) is 9.78. The van der Waals surface area contributed by atoms with Gasteiger partial charge in [-0.2, -0.15) is 0 Å². The maximum absolute atomic E-state index is 12.4. The minimum atomic E-state index is -3.63. The van der Waals surface area contributed by atoms with Gasteiger partial charge in [-0.15, -0.1) is 0 Å². The van der Waals surface area contributed by atoms with E-state index in [1.54, 1.807) is 12.1 Å². The lowest BCUT2D eigenvalue weighted by Gasteiger charge is -2.12. The van der Waals surface area contributed by atoms with E-state index in [0.717, 1.165) is 24.0 Å². The minimum absolute atomic E-state index is 0.0773. The number of amides is 1. The van der Waals surface area contributed by atoms with Gasteiger partial charge in [0.05, 0.1) is 11.0 Å². The minimum Gasteiger partial charge on any atom is -0.484 e. The molecule has 3 rings (SSSR count). The average Bonchev–Trinajstić information content (AvgIpc) is 3.23. The molecule has 1 unspecified atom stereocenters. The molecule has 0 spiro atoms. The SMILES string of the molecule is Cc1cc(OCC(=O)Nc2ccc(S(=O)(=O)NCC3CCCO3)cc2)cc(C)c1Cl. The third-order valence-corrected chi connectivity index (χ3v) is 6.79. The van der Waals surface area contributed by atoms with Gasteiger partial charge in [0.25, 0.3) is 5.91 Å². The fraction of sp³-hybridized carbons (Fsp3) is 0.381. The summed E-state index contributed by atoms with van der Waals surface area (Å²) in [5, 5.41) is 3.36. The highest BCUT2D eigenvalue weighted by atomic mass is 35.5. The molecule has 9 heteroatoms. The van der Waals surface area contributed by atoms with Crippen molar-refractivity contribution in [2.45, 2.75) is 37.7 Å². The number of nitrogens with one attached hydrogen (secondary N) is 2. The van der Waals surface area contributed by atoms with Crippen molar-refractivity contribution in [3.8, 4) is 5.75 Å². The van der Waals surface area contributed by atoms with Crippen LogP contribution in [0.15, 0.2) is 41.3 Å². The number of carbonyl (C=O) groups is 1. The van der Waals surface area contributed by atoms with Gasteiger partial charge in [0.1, 0.15) is 5.75 Å². The van der Waals surface area contributed by atoms with E-state index in [1.807, 2.05) is 13.8 Å². The third kappa shape index (κ3) is 5.95. The number of benzene rings is 2. The molecule has 0 saturated carbocycles. The first-order valence-electron chi connectivity index (χ1n) is 9.65. The number of carbonyl (C=O) groups excluding carboxylic acids is 1. The Balaban J connectivity index is 1.52. The summed E-state index contributed by atoms with van der Waals surface area (Å²) in [5.41, 5.74) is 2.22. The highest BCUT2D eigenvalue weighted by molar-refractivity contribution is 7.89. The van der Waals surface area contributed by atoms with E-state index in [9.17, 15) is 13.2 Å². The van der Waals surface area contributed by atoms with Gasteiger partial charge in [-0.3, -0.25) is 4.79 Å². The van der Waals surface area contributed by atoms with E-state index in [2.05, 4.69) is 10.0 Å². The van der Waals surface area contributed by atoms with Crippen LogP contribution in [0.2, 0.25) is 5.02 Å². The molecule has 2 aromatic carbocycles. The maximum Gasteiger partial charge on any atom is 0.262 e. The molecule has 0 radical (unpaired) electrons. The van der Waals surface area contributed by atoms with E-state index in [1.165, 1.54) is 24.3 Å². The van der Waals surface area contributed by atoms with Gasteiger partial charge in [-0.1, -0.05) is 11.6 Å². The molecule has 7 nitrogen and oxygen atoms in total. The maximum atomic E-state index is 12.4. The molecule has 1 aliphatic heterocycles. The number of sulfonamides is 1. The number of hydrogen-bond donors (Lipinski definition) is 2. The Hall–Kier alpha value is -2.13. The molecule has 30 heavy (non-hydrogen) atoms. The first-order valence-corrected chi connectivity index (χ1v) is 11.5. The molecule has 1 atom stereocenters. The highest BCUT2D eigenvalue weighted by Crippen LogP contribution is 2.25. The zero-order chi connectivity index (χ0) is 21.7. The Morgan fingerprint density at radius 1 is 1.20 bits per heavy atom. The molecule has 1 aliphatic rings. The molecule has 1 heterocycles. The van der Waals surface area contributed by atoms with Gasteiger partial charge < -0.3 is 14.8 Å². The van der Waals surface area contributed by atoms with E-state index in [0.29, 0.717) is 23.1 Å². The monoisotopic (exact) mass is 452 g/mol. The van der Waals surface area contributed by atoms with Crippen molar-refractivity contribution in [2.75, 3.05) is 25.1 Å². The Morgan fingerprint density at radius 3 is 2.47 bits per heavy atom. The summed E-state index contributed by atoms with van der Waals surface area (Å²) < 4.78 is 38.3. The molecule has 162 valence electrons. The number of anilines is 1. The van der Waals surface area contributed by atoms with Crippen LogP contribution in [-0.2, 0) is 19.6 Å². The first-order chi connectivity index (χ1) is 14.2. The Kier molecular flexibility index (Phi) is 7.36. The standard InChI is InChI=1S/C21H25ClN2O5S/c1-14-10-18(11-15(2)21(14)22)29-13-20(25)24-16-5-7-19(8-6-16)30(26,27)23-12-17-4-3-9-28-17/h5-8,10-11,17,23H,3-4,9,12-13H2,1-2H3,(H,24,25). The van der Waals surface area contributed by atoms with Crippen LogP contribution in [-0.4, -0.2) is 40.2 Å². The van der Waals surface area contributed by atoms with E-state index in [-0.39, 0.29) is 30.1 Å². The quantitative estimate of drug-likeness (QED) is 0.640. The summed E-state index contributed by atoms with van der Waals surface area (Å²) >= 11 is 6.13. The van der Waals surface area contributed by atoms with E-state index >= 15 is 0 Å². The normalized spacial score (nSPS) is 16.4. The predicted octanol–water partition coefficient (Wildman–Crippen LogP) is 3.43. The number of ether oxygens (including phenoxy) is 2. The summed E-state index contributed by atoms with van der Waals surface area (Å²) in [6.45, 7) is 4.48. The summed E-state index contributed by atoms with van der Waals surface area (Å²) in [6, 6.07) is 9.50. The lowest BCUT2D eigenvalue weighted by atomic mass is 10.1. The lowest BCUT2D eigenvalue weighted by Crippen LogP contribution is -2.31. The predicted molar refractivity (Wildman–Crippen MR) is 116 cm³/mol. The van der Waals surface area contributed by atoms with Crippen molar-refractivity contribution in [3.63, 3.8) is 0 Å². The molecule has 0 bridgehead atoms. The summed E-state index contributed by atoms with van der Waals surface area (Å²) in [4.78, 5) is 12.3. The van der Waals surface area contributed by atoms with Crippen LogP contribution in [0.1, 0.15) is 24.0 Å².